The SMILES string of the molecule is CCCCSC(c1cc(CCCC)nc2ccnn12)P(=O)(OCC)OCC. The van der Waals surface area contributed by atoms with E-state index in [2.05, 4.69) is 18.9 Å². The maximum Gasteiger partial charge on any atom is 0.349 e. The smallest absolute Gasteiger partial charge is 0.308 e. The number of hydrogen-bond acceptors (Lipinski definition) is 6. The van der Waals surface area contributed by atoms with Crippen molar-refractivity contribution in [1.29, 1.82) is 0 Å². The molecule has 0 saturated heterocycles. The monoisotopic (exact) mass is 413 g/mol. The highest BCUT2D eigenvalue weighted by Crippen LogP contribution is 2.65. The van der Waals surface area contributed by atoms with Crippen molar-refractivity contribution in [2.45, 2.75) is 64.8 Å². The summed E-state index contributed by atoms with van der Waals surface area (Å²) in [5.41, 5.74) is 2.63. The van der Waals surface area contributed by atoms with Crippen LogP contribution >= 0.6 is 19.4 Å². The average Bonchev–Trinajstić information content (AvgIpc) is 3.12. The molecular weight excluding hydrogens is 381 g/mol. The zero-order valence-electron chi connectivity index (χ0n) is 16.9. The van der Waals surface area contributed by atoms with E-state index < -0.39 is 12.6 Å². The van der Waals surface area contributed by atoms with Gasteiger partial charge in [0.1, 0.15) is 4.99 Å². The molecule has 2 heterocycles. The van der Waals surface area contributed by atoms with E-state index in [4.69, 9.17) is 14.0 Å². The Bertz CT molecular complexity index is 743. The van der Waals surface area contributed by atoms with E-state index in [9.17, 15) is 4.57 Å². The summed E-state index contributed by atoms with van der Waals surface area (Å²) in [6, 6.07) is 3.92. The van der Waals surface area contributed by atoms with Gasteiger partial charge in [-0.15, -0.1) is 11.8 Å². The van der Waals surface area contributed by atoms with Crippen molar-refractivity contribution in [1.82, 2.24) is 14.6 Å². The van der Waals surface area contributed by atoms with Gasteiger partial charge in [0.15, 0.2) is 5.65 Å². The summed E-state index contributed by atoms with van der Waals surface area (Å²) in [6.45, 7) is 8.71. The highest BCUT2D eigenvalue weighted by atomic mass is 32.2. The average molecular weight is 414 g/mol. The predicted octanol–water partition coefficient (Wildman–Crippen LogP) is 5.87. The quantitative estimate of drug-likeness (QED) is 0.302. The number of rotatable bonds is 13. The van der Waals surface area contributed by atoms with Gasteiger partial charge in [0.2, 0.25) is 0 Å². The standard InChI is InChI=1S/C19H32N3O3PS/c1-5-9-11-16-15-17(22-18(21-16)12-13-20-22)19(27-14-10-6-2)26(23,24-7-3)25-8-4/h12-13,15,19H,5-11,14H2,1-4H3. The minimum absolute atomic E-state index is 0.345. The lowest BCUT2D eigenvalue weighted by Gasteiger charge is -2.26. The number of aromatic nitrogens is 3. The normalized spacial score (nSPS) is 13.3. The molecule has 0 aliphatic rings. The van der Waals surface area contributed by atoms with Gasteiger partial charge in [-0.2, -0.15) is 5.10 Å². The minimum atomic E-state index is -3.34. The van der Waals surface area contributed by atoms with Crippen LogP contribution in [0.2, 0.25) is 0 Å². The first-order valence-corrected chi connectivity index (χ1v) is 12.6. The van der Waals surface area contributed by atoms with Crippen molar-refractivity contribution in [2.75, 3.05) is 19.0 Å². The number of fused-ring (bicyclic) bond motifs is 1. The van der Waals surface area contributed by atoms with Crippen molar-refractivity contribution in [3.63, 3.8) is 0 Å². The molecule has 2 rings (SSSR count). The molecule has 1 unspecified atom stereocenters. The van der Waals surface area contributed by atoms with Gasteiger partial charge in [0.25, 0.3) is 0 Å². The van der Waals surface area contributed by atoms with Gasteiger partial charge in [-0.25, -0.2) is 9.50 Å². The summed E-state index contributed by atoms with van der Waals surface area (Å²) in [5.74, 6) is 0.890. The molecule has 0 aliphatic carbocycles. The number of unbranched alkanes of at least 4 members (excludes halogenated alkanes) is 2. The number of thioether (sulfide) groups is 1. The van der Waals surface area contributed by atoms with E-state index in [1.165, 1.54) is 0 Å². The van der Waals surface area contributed by atoms with Gasteiger partial charge in [-0.1, -0.05) is 26.7 Å². The molecule has 0 fully saturated rings. The van der Waals surface area contributed by atoms with Crippen LogP contribution in [0.15, 0.2) is 18.3 Å². The molecule has 8 heteroatoms. The van der Waals surface area contributed by atoms with Crippen LogP contribution in [-0.2, 0) is 20.0 Å². The van der Waals surface area contributed by atoms with Crippen LogP contribution in [0, 0.1) is 0 Å². The number of nitrogens with zero attached hydrogens (tertiary/aromatic N) is 3. The van der Waals surface area contributed by atoms with E-state index >= 15 is 0 Å². The predicted molar refractivity (Wildman–Crippen MR) is 113 cm³/mol. The maximum atomic E-state index is 13.7. The molecule has 2 aromatic rings. The molecule has 1 atom stereocenters. The summed E-state index contributed by atoms with van der Waals surface area (Å²) in [6.07, 6.45) is 6.93. The van der Waals surface area contributed by atoms with Crippen molar-refractivity contribution in [3.05, 3.63) is 29.7 Å². The van der Waals surface area contributed by atoms with E-state index in [1.54, 1.807) is 22.5 Å². The van der Waals surface area contributed by atoms with E-state index in [1.807, 2.05) is 26.0 Å². The van der Waals surface area contributed by atoms with E-state index in [0.29, 0.717) is 13.2 Å². The first-order valence-electron chi connectivity index (χ1n) is 9.93. The molecule has 0 aliphatic heterocycles. The Morgan fingerprint density at radius 2 is 1.85 bits per heavy atom. The van der Waals surface area contributed by atoms with Crippen molar-refractivity contribution in [2.24, 2.45) is 0 Å². The van der Waals surface area contributed by atoms with E-state index in [-0.39, 0.29) is 0 Å². The Morgan fingerprint density at radius 1 is 1.15 bits per heavy atom. The summed E-state index contributed by atoms with van der Waals surface area (Å²) in [7, 11) is -3.34. The van der Waals surface area contributed by atoms with Crippen molar-refractivity contribution in [3.8, 4) is 0 Å². The maximum absolute atomic E-state index is 13.7. The first kappa shape index (κ1) is 22.4. The molecule has 0 aromatic carbocycles. The highest BCUT2D eigenvalue weighted by Gasteiger charge is 2.39. The van der Waals surface area contributed by atoms with Gasteiger partial charge in [0, 0.05) is 11.8 Å². The third kappa shape index (κ3) is 5.80. The van der Waals surface area contributed by atoms with Crippen molar-refractivity contribution >= 4 is 25.0 Å². The van der Waals surface area contributed by atoms with Crippen LogP contribution in [0.4, 0.5) is 0 Å². The molecule has 0 spiro atoms. The zero-order chi connectivity index (χ0) is 19.7. The largest absolute Gasteiger partial charge is 0.349 e. The zero-order valence-corrected chi connectivity index (χ0v) is 18.6. The second kappa shape index (κ2) is 11.2. The lowest BCUT2D eigenvalue weighted by atomic mass is 10.2. The Kier molecular flexibility index (Phi) is 9.30. The fourth-order valence-electron chi connectivity index (χ4n) is 2.86. The van der Waals surface area contributed by atoms with Crippen LogP contribution in [-0.4, -0.2) is 33.6 Å². The second-order valence-electron chi connectivity index (χ2n) is 6.33. The molecule has 6 nitrogen and oxygen atoms in total. The Morgan fingerprint density at radius 3 is 2.48 bits per heavy atom. The molecular formula is C19H32N3O3PS. The molecule has 152 valence electrons. The molecule has 0 bridgehead atoms. The van der Waals surface area contributed by atoms with Gasteiger partial charge >= 0.3 is 7.60 Å². The van der Waals surface area contributed by atoms with Gasteiger partial charge in [-0.05, 0) is 44.9 Å². The minimum Gasteiger partial charge on any atom is -0.308 e. The van der Waals surface area contributed by atoms with E-state index in [0.717, 1.165) is 54.9 Å². The third-order valence-corrected chi connectivity index (χ3v) is 8.54. The van der Waals surface area contributed by atoms with Gasteiger partial charge in [-0.3, -0.25) is 4.57 Å². The Labute approximate surface area is 167 Å². The third-order valence-electron chi connectivity index (χ3n) is 4.16. The number of aryl methyl sites for hydroxylation is 1. The summed E-state index contributed by atoms with van der Waals surface area (Å²) in [4.78, 5) is 4.28. The number of hydrogen-bond donors (Lipinski definition) is 0. The molecule has 0 radical (unpaired) electrons. The van der Waals surface area contributed by atoms with Crippen LogP contribution < -0.4 is 0 Å². The van der Waals surface area contributed by atoms with Crippen molar-refractivity contribution < 1.29 is 13.6 Å². The Hall–Kier alpha value is -0.880. The molecule has 27 heavy (non-hydrogen) atoms. The molecule has 2 aromatic heterocycles. The highest BCUT2D eigenvalue weighted by molar-refractivity contribution is 8.04. The fraction of sp³-hybridized carbons (Fsp3) is 0.684. The topological polar surface area (TPSA) is 65.7 Å². The van der Waals surface area contributed by atoms with Gasteiger partial charge in [0.05, 0.1) is 25.1 Å². The van der Waals surface area contributed by atoms with Crippen LogP contribution in [0.1, 0.15) is 69.8 Å². The first-order chi connectivity index (χ1) is 13.1. The summed E-state index contributed by atoms with van der Waals surface area (Å²) < 4.78 is 26.9. The lowest BCUT2D eigenvalue weighted by Crippen LogP contribution is -2.11. The molecule has 0 saturated carbocycles. The summed E-state index contributed by atoms with van der Waals surface area (Å²) in [5, 5.41) is 4.43. The van der Waals surface area contributed by atoms with Crippen LogP contribution in [0.3, 0.4) is 0 Å². The summed E-state index contributed by atoms with van der Waals surface area (Å²) >= 11 is 1.64. The fourth-order valence-corrected chi connectivity index (χ4v) is 6.87. The lowest BCUT2D eigenvalue weighted by molar-refractivity contribution is 0.218. The van der Waals surface area contributed by atoms with Gasteiger partial charge < -0.3 is 9.05 Å². The van der Waals surface area contributed by atoms with Crippen LogP contribution in [0.25, 0.3) is 5.65 Å². The second-order valence-corrected chi connectivity index (χ2v) is 10.0. The molecule has 0 amide bonds. The Balaban J connectivity index is 2.52. The molecule has 0 N–H and O–H groups in total. The van der Waals surface area contributed by atoms with Crippen LogP contribution in [0.5, 0.6) is 0 Å².